The predicted octanol–water partition coefficient (Wildman–Crippen LogP) is 3.34. The van der Waals surface area contributed by atoms with Crippen LogP contribution in [0.25, 0.3) is 10.9 Å². The van der Waals surface area contributed by atoms with Gasteiger partial charge in [-0.25, -0.2) is 4.79 Å². The maximum Gasteiger partial charge on any atom is 0.317 e. The highest BCUT2D eigenvalue weighted by Crippen LogP contribution is 2.19. The van der Waals surface area contributed by atoms with Gasteiger partial charge in [-0.1, -0.05) is 24.3 Å². The Labute approximate surface area is 170 Å². The predicted molar refractivity (Wildman–Crippen MR) is 111 cm³/mol. The molecule has 0 spiro atoms. The van der Waals surface area contributed by atoms with Crippen molar-refractivity contribution < 1.29 is 9.53 Å². The first-order valence-electron chi connectivity index (χ1n) is 10.2. The number of aryl methyl sites for hydroxylation is 1. The van der Waals surface area contributed by atoms with Gasteiger partial charge in [0.15, 0.2) is 0 Å². The molecule has 3 aromatic rings. The van der Waals surface area contributed by atoms with Crippen LogP contribution in [0.3, 0.4) is 0 Å². The third-order valence-electron chi connectivity index (χ3n) is 5.30. The number of nitrogens with one attached hydrogen (secondary N) is 1. The molecular formula is C22H27N5O2. The molecule has 152 valence electrons. The van der Waals surface area contributed by atoms with Crippen molar-refractivity contribution in [2.45, 2.75) is 45.6 Å². The third-order valence-corrected chi connectivity index (χ3v) is 5.30. The quantitative estimate of drug-likeness (QED) is 0.697. The van der Waals surface area contributed by atoms with Gasteiger partial charge in [-0.15, -0.1) is 0 Å². The average molecular weight is 393 g/mol. The molecule has 0 saturated carbocycles. The van der Waals surface area contributed by atoms with Crippen molar-refractivity contribution in [3.63, 3.8) is 0 Å². The van der Waals surface area contributed by atoms with Crippen LogP contribution >= 0.6 is 0 Å². The summed E-state index contributed by atoms with van der Waals surface area (Å²) in [5, 5.41) is 8.78. The summed E-state index contributed by atoms with van der Waals surface area (Å²) in [6.07, 6.45) is 3.70. The van der Waals surface area contributed by atoms with Gasteiger partial charge in [-0.05, 0) is 38.0 Å². The van der Waals surface area contributed by atoms with E-state index >= 15 is 0 Å². The number of rotatable bonds is 6. The number of ether oxygens (including phenoxy) is 1. The van der Waals surface area contributed by atoms with Crippen molar-refractivity contribution in [3.8, 4) is 0 Å². The molecule has 1 atom stereocenters. The van der Waals surface area contributed by atoms with E-state index in [0.717, 1.165) is 48.2 Å². The van der Waals surface area contributed by atoms with Crippen LogP contribution in [-0.2, 0) is 24.4 Å². The number of piperidine rings is 1. The number of amides is 2. The highest BCUT2D eigenvalue weighted by Gasteiger charge is 2.24. The van der Waals surface area contributed by atoms with Crippen molar-refractivity contribution in [2.24, 2.45) is 0 Å². The van der Waals surface area contributed by atoms with Crippen molar-refractivity contribution in [1.29, 1.82) is 0 Å². The molecule has 7 heteroatoms. The molecule has 2 amide bonds. The van der Waals surface area contributed by atoms with Gasteiger partial charge in [-0.2, -0.15) is 5.10 Å². The van der Waals surface area contributed by atoms with Gasteiger partial charge < -0.3 is 15.0 Å². The molecule has 1 aliphatic rings. The Morgan fingerprint density at radius 2 is 2.10 bits per heavy atom. The average Bonchev–Trinajstić information content (AvgIpc) is 3.15. The molecule has 1 aromatic carbocycles. The minimum absolute atomic E-state index is 0.0386. The topological polar surface area (TPSA) is 72.3 Å². The highest BCUT2D eigenvalue weighted by atomic mass is 16.5. The van der Waals surface area contributed by atoms with E-state index in [4.69, 9.17) is 4.74 Å². The van der Waals surface area contributed by atoms with E-state index in [-0.39, 0.29) is 12.1 Å². The molecule has 7 nitrogen and oxygen atoms in total. The summed E-state index contributed by atoms with van der Waals surface area (Å²) in [5.74, 6) is 0. The Kier molecular flexibility index (Phi) is 6.05. The number of aromatic nitrogens is 3. The Balaban J connectivity index is 1.33. The van der Waals surface area contributed by atoms with Crippen molar-refractivity contribution in [3.05, 3.63) is 60.0 Å². The first kappa shape index (κ1) is 19.4. The largest absolute Gasteiger partial charge is 0.370 e. The van der Waals surface area contributed by atoms with Gasteiger partial charge in [0.25, 0.3) is 0 Å². The van der Waals surface area contributed by atoms with Gasteiger partial charge in [0.2, 0.25) is 0 Å². The number of para-hydroxylation sites is 1. The fraction of sp³-hybridized carbons (Fsp3) is 0.409. The number of carbonyl (C=O) groups excluding carboxylic acids is 1. The molecule has 0 radical (unpaired) electrons. The van der Waals surface area contributed by atoms with Crippen LogP contribution in [0.5, 0.6) is 0 Å². The van der Waals surface area contributed by atoms with Crippen LogP contribution in [0, 0.1) is 0 Å². The van der Waals surface area contributed by atoms with Crippen LogP contribution in [0.15, 0.2) is 48.7 Å². The standard InChI is InChI=1S/C22H27N5O2/c1-2-27-21-11-4-3-10-19(21)20(25-27)14-24-22(28)26-13-7-9-18(15-26)29-16-17-8-5-6-12-23-17/h3-6,8,10-12,18H,2,7,9,13-16H2,1H3,(H,24,28). The second kappa shape index (κ2) is 9.05. The summed E-state index contributed by atoms with van der Waals surface area (Å²) in [4.78, 5) is 18.8. The molecule has 1 N–H and O–H groups in total. The molecule has 0 aliphatic carbocycles. The summed E-state index contributed by atoms with van der Waals surface area (Å²) in [6, 6.07) is 13.9. The number of fused-ring (bicyclic) bond motifs is 1. The van der Waals surface area contributed by atoms with Crippen molar-refractivity contribution >= 4 is 16.9 Å². The first-order chi connectivity index (χ1) is 14.2. The van der Waals surface area contributed by atoms with Crippen LogP contribution in [0.1, 0.15) is 31.2 Å². The number of pyridine rings is 1. The van der Waals surface area contributed by atoms with Gasteiger partial charge >= 0.3 is 6.03 Å². The number of likely N-dealkylation sites (tertiary alicyclic amines) is 1. The van der Waals surface area contributed by atoms with E-state index in [1.807, 2.05) is 39.9 Å². The summed E-state index contributed by atoms with van der Waals surface area (Å²) < 4.78 is 7.96. The zero-order valence-corrected chi connectivity index (χ0v) is 16.8. The maximum atomic E-state index is 12.7. The monoisotopic (exact) mass is 393 g/mol. The van der Waals surface area contributed by atoms with Crippen LogP contribution in [0.4, 0.5) is 4.79 Å². The summed E-state index contributed by atoms with van der Waals surface area (Å²) in [6.45, 7) is 5.11. The SMILES string of the molecule is CCn1nc(CNC(=O)N2CCCC(OCc3ccccn3)C2)c2ccccc21. The van der Waals surface area contributed by atoms with Crippen LogP contribution in [0.2, 0.25) is 0 Å². The van der Waals surface area contributed by atoms with E-state index in [0.29, 0.717) is 19.7 Å². The molecule has 1 unspecified atom stereocenters. The smallest absolute Gasteiger partial charge is 0.317 e. The maximum absolute atomic E-state index is 12.7. The van der Waals surface area contributed by atoms with Gasteiger partial charge in [0.1, 0.15) is 0 Å². The molecule has 4 rings (SSSR count). The third kappa shape index (κ3) is 4.56. The number of nitrogens with zero attached hydrogens (tertiary/aromatic N) is 4. The zero-order valence-electron chi connectivity index (χ0n) is 16.8. The van der Waals surface area contributed by atoms with Crippen LogP contribution in [-0.4, -0.2) is 44.9 Å². The number of carbonyl (C=O) groups is 1. The Hall–Kier alpha value is -2.93. The van der Waals surface area contributed by atoms with E-state index in [1.165, 1.54) is 0 Å². The fourth-order valence-corrected chi connectivity index (χ4v) is 3.78. The lowest BCUT2D eigenvalue weighted by molar-refractivity contribution is -0.00168. The lowest BCUT2D eigenvalue weighted by atomic mass is 10.1. The first-order valence-corrected chi connectivity index (χ1v) is 10.2. The Morgan fingerprint density at radius 1 is 1.24 bits per heavy atom. The number of hydrogen-bond donors (Lipinski definition) is 1. The summed E-state index contributed by atoms with van der Waals surface area (Å²) in [5.41, 5.74) is 2.91. The minimum Gasteiger partial charge on any atom is -0.370 e. The van der Waals surface area contributed by atoms with Gasteiger partial charge in [0, 0.05) is 31.2 Å². The number of benzene rings is 1. The van der Waals surface area contributed by atoms with Gasteiger partial charge in [-0.3, -0.25) is 9.67 Å². The van der Waals surface area contributed by atoms with Crippen molar-refractivity contribution in [2.75, 3.05) is 13.1 Å². The van der Waals surface area contributed by atoms with Crippen LogP contribution < -0.4 is 5.32 Å². The van der Waals surface area contributed by atoms with E-state index in [2.05, 4.69) is 34.5 Å². The molecule has 29 heavy (non-hydrogen) atoms. The highest BCUT2D eigenvalue weighted by molar-refractivity contribution is 5.82. The second-order valence-electron chi connectivity index (χ2n) is 7.28. The summed E-state index contributed by atoms with van der Waals surface area (Å²) >= 11 is 0. The Morgan fingerprint density at radius 3 is 2.93 bits per heavy atom. The molecule has 1 fully saturated rings. The molecule has 2 aromatic heterocycles. The molecule has 0 bridgehead atoms. The number of hydrogen-bond acceptors (Lipinski definition) is 4. The van der Waals surface area contributed by atoms with E-state index in [9.17, 15) is 4.79 Å². The van der Waals surface area contributed by atoms with Crippen molar-refractivity contribution in [1.82, 2.24) is 25.0 Å². The normalized spacial score (nSPS) is 16.9. The second-order valence-corrected chi connectivity index (χ2v) is 7.28. The summed E-state index contributed by atoms with van der Waals surface area (Å²) in [7, 11) is 0. The fourth-order valence-electron chi connectivity index (χ4n) is 3.78. The zero-order chi connectivity index (χ0) is 20.1. The lowest BCUT2D eigenvalue weighted by Gasteiger charge is -2.32. The van der Waals surface area contributed by atoms with Gasteiger partial charge in [0.05, 0.1) is 36.2 Å². The Bertz CT molecular complexity index is 956. The lowest BCUT2D eigenvalue weighted by Crippen LogP contribution is -2.47. The van der Waals surface area contributed by atoms with E-state index in [1.54, 1.807) is 6.20 Å². The van der Waals surface area contributed by atoms with E-state index < -0.39 is 0 Å². The minimum atomic E-state index is -0.0636. The molecule has 1 saturated heterocycles. The molecule has 1 aliphatic heterocycles. The number of urea groups is 1. The molecule has 3 heterocycles. The molecular weight excluding hydrogens is 366 g/mol.